The van der Waals surface area contributed by atoms with Crippen LogP contribution in [0.3, 0.4) is 0 Å². The Kier molecular flexibility index (Phi) is 10.9. The lowest BCUT2D eigenvalue weighted by molar-refractivity contribution is -0.130. The Morgan fingerprint density at radius 3 is 2.32 bits per heavy atom. The molecule has 2 N–H and O–H groups in total. The van der Waals surface area contributed by atoms with Gasteiger partial charge in [-0.05, 0) is 25.0 Å². The molecule has 0 spiro atoms. The van der Waals surface area contributed by atoms with Gasteiger partial charge in [-0.3, -0.25) is 24.5 Å². The minimum atomic E-state index is -0.810. The zero-order chi connectivity index (χ0) is 20.9. The van der Waals surface area contributed by atoms with E-state index in [0.717, 1.165) is 24.2 Å². The van der Waals surface area contributed by atoms with Crippen molar-refractivity contribution in [3.8, 4) is 0 Å². The van der Waals surface area contributed by atoms with Crippen molar-refractivity contribution in [1.82, 2.24) is 20.6 Å². The first-order valence-corrected chi connectivity index (χ1v) is 10.00. The number of carbonyl (C=O) groups is 3. The molecule has 28 heavy (non-hydrogen) atoms. The van der Waals surface area contributed by atoms with Crippen molar-refractivity contribution >= 4 is 17.7 Å². The molecule has 0 unspecified atom stereocenters. The van der Waals surface area contributed by atoms with Crippen LogP contribution in [0.5, 0.6) is 0 Å². The Balaban J connectivity index is 2.56. The summed E-state index contributed by atoms with van der Waals surface area (Å²) in [7, 11) is 1.41. The van der Waals surface area contributed by atoms with E-state index in [-0.39, 0.29) is 11.6 Å². The van der Waals surface area contributed by atoms with Crippen molar-refractivity contribution in [2.75, 3.05) is 7.05 Å². The summed E-state index contributed by atoms with van der Waals surface area (Å²) in [6.07, 6.45) is 10.6. The Hall–Kier alpha value is -2.35. The topological polar surface area (TPSA) is 112 Å². The Morgan fingerprint density at radius 1 is 1.11 bits per heavy atom. The molecular formula is C20H32N4O4. The summed E-state index contributed by atoms with van der Waals surface area (Å²) in [5.41, 5.74) is 1.80. The van der Waals surface area contributed by atoms with E-state index in [9.17, 15) is 14.4 Å². The molecule has 0 aromatic carbocycles. The number of nitrogens with zero attached hydrogens (tertiary/aromatic N) is 3. The summed E-state index contributed by atoms with van der Waals surface area (Å²) < 4.78 is 0. The monoisotopic (exact) mass is 392 g/mol. The zero-order valence-electron chi connectivity index (χ0n) is 17.1. The van der Waals surface area contributed by atoms with Gasteiger partial charge in [0.2, 0.25) is 5.91 Å². The molecule has 0 aliphatic rings. The smallest absolute Gasteiger partial charge is 0.281 e. The lowest BCUT2D eigenvalue weighted by Gasteiger charge is -2.18. The first-order valence-electron chi connectivity index (χ1n) is 10.00. The van der Waals surface area contributed by atoms with E-state index in [4.69, 9.17) is 5.21 Å². The number of imide groups is 1. The van der Waals surface area contributed by atoms with E-state index in [2.05, 4.69) is 17.1 Å². The van der Waals surface area contributed by atoms with Crippen LogP contribution in [0.25, 0.3) is 0 Å². The summed E-state index contributed by atoms with van der Waals surface area (Å²) in [4.78, 5) is 37.7. The van der Waals surface area contributed by atoms with Gasteiger partial charge in [-0.2, -0.15) is 5.10 Å². The fourth-order valence-electron chi connectivity index (χ4n) is 2.95. The predicted molar refractivity (Wildman–Crippen MR) is 105 cm³/mol. The van der Waals surface area contributed by atoms with Gasteiger partial charge in [0.25, 0.3) is 11.8 Å². The maximum Gasteiger partial charge on any atom is 0.281 e. The van der Waals surface area contributed by atoms with E-state index in [1.165, 1.54) is 58.3 Å². The van der Waals surface area contributed by atoms with E-state index in [0.29, 0.717) is 12.0 Å². The third-order valence-corrected chi connectivity index (χ3v) is 4.85. The lowest BCUT2D eigenvalue weighted by Crippen LogP contribution is -2.35. The predicted octanol–water partition coefficient (Wildman–Crippen LogP) is 3.21. The van der Waals surface area contributed by atoms with Crippen molar-refractivity contribution < 1.29 is 19.6 Å². The van der Waals surface area contributed by atoms with Gasteiger partial charge in [0.15, 0.2) is 5.69 Å². The number of nitrogens with one attached hydrogen (secondary N) is 1. The second-order valence-corrected chi connectivity index (χ2v) is 7.02. The van der Waals surface area contributed by atoms with Gasteiger partial charge in [-0.25, -0.2) is 5.48 Å². The Bertz CT molecular complexity index is 651. The molecule has 0 aliphatic heterocycles. The molecule has 0 saturated carbocycles. The van der Waals surface area contributed by atoms with Crippen molar-refractivity contribution in [2.24, 2.45) is 0 Å². The highest BCUT2D eigenvalue weighted by molar-refractivity contribution is 6.04. The van der Waals surface area contributed by atoms with Crippen molar-refractivity contribution in [3.63, 3.8) is 0 Å². The fraction of sp³-hybridized carbons (Fsp3) is 0.650. The van der Waals surface area contributed by atoms with Crippen LogP contribution in [0, 0.1) is 0 Å². The van der Waals surface area contributed by atoms with Gasteiger partial charge in [0.05, 0.1) is 5.92 Å². The second kappa shape index (κ2) is 12.9. The summed E-state index contributed by atoms with van der Waals surface area (Å²) in [5.74, 6) is -2.37. The lowest BCUT2D eigenvalue weighted by atomic mass is 9.99. The van der Waals surface area contributed by atoms with Crippen LogP contribution in [-0.4, -0.2) is 45.1 Å². The van der Waals surface area contributed by atoms with E-state index < -0.39 is 17.7 Å². The molecule has 1 aromatic rings. The minimum absolute atomic E-state index is 0.0645. The molecular weight excluding hydrogens is 360 g/mol. The molecule has 8 heteroatoms. The fourth-order valence-corrected chi connectivity index (χ4v) is 2.95. The molecule has 1 heterocycles. The molecule has 8 nitrogen and oxygen atoms in total. The van der Waals surface area contributed by atoms with Crippen LogP contribution in [0.2, 0.25) is 0 Å². The summed E-state index contributed by atoms with van der Waals surface area (Å²) in [6.45, 7) is 3.72. The molecule has 3 amide bonds. The third-order valence-electron chi connectivity index (χ3n) is 4.85. The van der Waals surface area contributed by atoms with Gasteiger partial charge in [-0.1, -0.05) is 51.9 Å². The number of unbranched alkanes of at least 4 members (excludes halogenated alkanes) is 7. The van der Waals surface area contributed by atoms with Crippen LogP contribution in [0.4, 0.5) is 0 Å². The maximum atomic E-state index is 12.7. The van der Waals surface area contributed by atoms with E-state index in [1.54, 1.807) is 5.48 Å². The van der Waals surface area contributed by atoms with E-state index >= 15 is 0 Å². The summed E-state index contributed by atoms with van der Waals surface area (Å²) in [6, 6.07) is 1.48. The third kappa shape index (κ3) is 7.34. The average molecular weight is 393 g/mol. The van der Waals surface area contributed by atoms with Crippen LogP contribution >= 0.6 is 0 Å². The van der Waals surface area contributed by atoms with Gasteiger partial charge in [0, 0.05) is 19.7 Å². The SMILES string of the molecule is CCCCCCCCCCC(=O)N(C)C(=O)c1nnccc1[C@H](C)C(=O)NO. The number of hydrogen-bond donors (Lipinski definition) is 2. The van der Waals surface area contributed by atoms with Gasteiger partial charge < -0.3 is 0 Å². The van der Waals surface area contributed by atoms with Crippen molar-refractivity contribution in [1.29, 1.82) is 0 Å². The average Bonchev–Trinajstić information content (AvgIpc) is 2.73. The molecule has 0 radical (unpaired) electrons. The maximum absolute atomic E-state index is 12.7. The molecule has 1 atom stereocenters. The molecule has 0 bridgehead atoms. The summed E-state index contributed by atoms with van der Waals surface area (Å²) in [5, 5.41) is 16.3. The van der Waals surface area contributed by atoms with Gasteiger partial charge >= 0.3 is 0 Å². The molecule has 156 valence electrons. The highest BCUT2D eigenvalue weighted by Gasteiger charge is 2.27. The second-order valence-electron chi connectivity index (χ2n) is 7.02. The first-order chi connectivity index (χ1) is 13.4. The largest absolute Gasteiger partial charge is 0.289 e. The molecule has 1 aromatic heterocycles. The standard InChI is InChI=1S/C20H32N4O4/c1-4-5-6-7-8-9-10-11-12-17(25)24(3)20(27)18-16(13-14-21-22-18)15(2)19(26)23-28/h13-15,28H,4-12H2,1-3H3,(H,23,26)/t15-/m0/s1. The van der Waals surface area contributed by atoms with Crippen LogP contribution < -0.4 is 5.48 Å². The van der Waals surface area contributed by atoms with Crippen molar-refractivity contribution in [3.05, 3.63) is 23.5 Å². The van der Waals surface area contributed by atoms with Gasteiger partial charge in [0.1, 0.15) is 0 Å². The molecule has 0 fully saturated rings. The number of carbonyl (C=O) groups excluding carboxylic acids is 3. The quantitative estimate of drug-likeness (QED) is 0.321. The normalized spacial score (nSPS) is 11.7. The highest BCUT2D eigenvalue weighted by Crippen LogP contribution is 2.19. The highest BCUT2D eigenvalue weighted by atomic mass is 16.5. The Labute approximate surface area is 166 Å². The van der Waals surface area contributed by atoms with Crippen LogP contribution in [-0.2, 0) is 9.59 Å². The zero-order valence-corrected chi connectivity index (χ0v) is 17.1. The number of rotatable bonds is 12. The Morgan fingerprint density at radius 2 is 1.71 bits per heavy atom. The number of hydroxylamine groups is 1. The van der Waals surface area contributed by atoms with Gasteiger partial charge in [-0.15, -0.1) is 5.10 Å². The van der Waals surface area contributed by atoms with Crippen LogP contribution in [0.15, 0.2) is 12.3 Å². The minimum Gasteiger partial charge on any atom is -0.289 e. The number of aromatic nitrogens is 2. The molecule has 0 aliphatic carbocycles. The number of amides is 3. The summed E-state index contributed by atoms with van der Waals surface area (Å²) >= 11 is 0. The number of hydrogen-bond acceptors (Lipinski definition) is 6. The molecule has 1 rings (SSSR count). The van der Waals surface area contributed by atoms with E-state index in [1.807, 2.05) is 0 Å². The molecule has 0 saturated heterocycles. The van der Waals surface area contributed by atoms with Crippen molar-refractivity contribution in [2.45, 2.75) is 77.6 Å². The first kappa shape index (κ1) is 23.7. The van der Waals surface area contributed by atoms with Crippen LogP contribution in [0.1, 0.15) is 93.6 Å².